The summed E-state index contributed by atoms with van der Waals surface area (Å²) in [5.41, 5.74) is 2.25. The summed E-state index contributed by atoms with van der Waals surface area (Å²) in [7, 11) is 0. The topological polar surface area (TPSA) is 25.8 Å². The molecule has 2 nitrogen and oxygen atoms in total. The van der Waals surface area contributed by atoms with E-state index in [0.717, 1.165) is 18.4 Å². The highest BCUT2D eigenvalue weighted by Gasteiger charge is 2.07. The Morgan fingerprint density at radius 2 is 2.13 bits per heavy atom. The molecular formula is C12H13BrN2. The normalized spacial score (nSPS) is 12.9. The molecule has 0 amide bonds. The Bertz CT molecular complexity index is 451. The lowest BCUT2D eigenvalue weighted by atomic mass is 10.1. The predicted octanol–water partition coefficient (Wildman–Crippen LogP) is 3.35. The molecule has 0 aliphatic carbocycles. The van der Waals surface area contributed by atoms with Crippen LogP contribution in [0.25, 0.3) is 10.9 Å². The lowest BCUT2D eigenvalue weighted by molar-refractivity contribution is 0.827. The van der Waals surface area contributed by atoms with Gasteiger partial charge in [-0.25, -0.2) is 0 Å². The molecule has 1 aromatic carbocycles. The molecule has 3 heteroatoms. The third kappa shape index (κ3) is 2.34. The van der Waals surface area contributed by atoms with Gasteiger partial charge in [-0.2, -0.15) is 10.2 Å². The van der Waals surface area contributed by atoms with E-state index in [4.69, 9.17) is 0 Å². The molecule has 0 radical (unpaired) electrons. The fourth-order valence-corrected chi connectivity index (χ4v) is 1.96. The standard InChI is InChI=1S/C12H13BrN2/c1-2-10(13)7-9-8-14-15-12-6-4-3-5-11(9)12/h3-6,8,10H,2,7H2,1H3. The number of nitrogens with zero attached hydrogens (tertiary/aromatic N) is 2. The number of alkyl halides is 1. The highest BCUT2D eigenvalue weighted by Crippen LogP contribution is 2.19. The van der Waals surface area contributed by atoms with E-state index in [1.807, 2.05) is 24.4 Å². The van der Waals surface area contributed by atoms with Crippen LogP contribution >= 0.6 is 15.9 Å². The first-order valence-corrected chi connectivity index (χ1v) is 6.06. The summed E-state index contributed by atoms with van der Waals surface area (Å²) in [5, 5.41) is 9.35. The van der Waals surface area contributed by atoms with Gasteiger partial charge in [-0.3, -0.25) is 0 Å². The zero-order valence-electron chi connectivity index (χ0n) is 8.65. The number of aromatic nitrogens is 2. The van der Waals surface area contributed by atoms with Crippen LogP contribution in [0, 0.1) is 0 Å². The zero-order chi connectivity index (χ0) is 10.7. The molecule has 0 N–H and O–H groups in total. The first kappa shape index (κ1) is 10.6. The number of halogens is 1. The van der Waals surface area contributed by atoms with Crippen LogP contribution in [0.3, 0.4) is 0 Å². The van der Waals surface area contributed by atoms with E-state index in [-0.39, 0.29) is 0 Å². The third-order valence-electron chi connectivity index (χ3n) is 2.51. The van der Waals surface area contributed by atoms with Crippen molar-refractivity contribution < 1.29 is 0 Å². The molecule has 2 aromatic rings. The molecule has 78 valence electrons. The van der Waals surface area contributed by atoms with Gasteiger partial charge < -0.3 is 0 Å². The highest BCUT2D eigenvalue weighted by atomic mass is 79.9. The van der Waals surface area contributed by atoms with Gasteiger partial charge in [-0.1, -0.05) is 41.1 Å². The zero-order valence-corrected chi connectivity index (χ0v) is 10.2. The van der Waals surface area contributed by atoms with Gasteiger partial charge in [0.05, 0.1) is 11.7 Å². The summed E-state index contributed by atoms with van der Waals surface area (Å²) in [4.78, 5) is 0.519. The maximum atomic E-state index is 4.11. The van der Waals surface area contributed by atoms with Crippen molar-refractivity contribution in [1.82, 2.24) is 10.2 Å². The van der Waals surface area contributed by atoms with Crippen molar-refractivity contribution >= 4 is 26.8 Å². The van der Waals surface area contributed by atoms with Crippen LogP contribution in [-0.2, 0) is 6.42 Å². The van der Waals surface area contributed by atoms with Crippen molar-refractivity contribution in [2.45, 2.75) is 24.6 Å². The van der Waals surface area contributed by atoms with Crippen molar-refractivity contribution in [2.75, 3.05) is 0 Å². The quantitative estimate of drug-likeness (QED) is 0.795. The number of hydrogen-bond acceptors (Lipinski definition) is 2. The first-order valence-electron chi connectivity index (χ1n) is 5.14. The lowest BCUT2D eigenvalue weighted by Crippen LogP contribution is -2.02. The molecule has 1 atom stereocenters. The van der Waals surface area contributed by atoms with Gasteiger partial charge in [0.2, 0.25) is 0 Å². The fourth-order valence-electron chi connectivity index (χ4n) is 1.61. The van der Waals surface area contributed by atoms with Gasteiger partial charge in [-0.15, -0.1) is 0 Å². The minimum absolute atomic E-state index is 0.519. The largest absolute Gasteiger partial charge is 0.158 e. The molecule has 0 aliphatic rings. The van der Waals surface area contributed by atoms with Crippen LogP contribution in [0.15, 0.2) is 30.5 Å². The van der Waals surface area contributed by atoms with Gasteiger partial charge in [0.25, 0.3) is 0 Å². The first-order chi connectivity index (χ1) is 7.31. The van der Waals surface area contributed by atoms with E-state index in [1.54, 1.807) is 0 Å². The molecule has 0 bridgehead atoms. The molecule has 2 rings (SSSR count). The van der Waals surface area contributed by atoms with Crippen LogP contribution in [0.4, 0.5) is 0 Å². The minimum Gasteiger partial charge on any atom is -0.158 e. The molecule has 1 unspecified atom stereocenters. The number of hydrogen-bond donors (Lipinski definition) is 0. The number of benzene rings is 1. The minimum atomic E-state index is 0.519. The number of fused-ring (bicyclic) bond motifs is 1. The molecule has 1 aromatic heterocycles. The van der Waals surface area contributed by atoms with E-state index in [0.29, 0.717) is 4.83 Å². The summed E-state index contributed by atoms with van der Waals surface area (Å²) in [6, 6.07) is 8.14. The maximum Gasteiger partial charge on any atom is 0.0932 e. The number of rotatable bonds is 3. The Morgan fingerprint density at radius 1 is 1.33 bits per heavy atom. The van der Waals surface area contributed by atoms with Crippen LogP contribution in [0.1, 0.15) is 18.9 Å². The molecular weight excluding hydrogens is 252 g/mol. The molecule has 1 heterocycles. The van der Waals surface area contributed by atoms with Crippen molar-refractivity contribution in [2.24, 2.45) is 0 Å². The van der Waals surface area contributed by atoms with Crippen molar-refractivity contribution in [1.29, 1.82) is 0 Å². The van der Waals surface area contributed by atoms with E-state index in [2.05, 4.69) is 39.1 Å². The van der Waals surface area contributed by atoms with E-state index >= 15 is 0 Å². The summed E-state index contributed by atoms with van der Waals surface area (Å²) in [6.07, 6.45) is 4.00. The molecule has 0 saturated heterocycles. The van der Waals surface area contributed by atoms with Gasteiger partial charge in [0, 0.05) is 10.2 Å². The summed E-state index contributed by atoms with van der Waals surface area (Å²) < 4.78 is 0. The average molecular weight is 265 g/mol. The fraction of sp³-hybridized carbons (Fsp3) is 0.333. The molecule has 0 saturated carbocycles. The SMILES string of the molecule is CCC(Br)Cc1cnnc2ccccc12. The van der Waals surface area contributed by atoms with Gasteiger partial charge in [0.15, 0.2) is 0 Å². The van der Waals surface area contributed by atoms with Crippen LogP contribution in [0.2, 0.25) is 0 Å². The molecule has 0 spiro atoms. The summed E-state index contributed by atoms with van der Waals surface area (Å²) in [5.74, 6) is 0. The second-order valence-corrected chi connectivity index (χ2v) is 4.89. The Morgan fingerprint density at radius 3 is 2.93 bits per heavy atom. The Hall–Kier alpha value is -0.960. The van der Waals surface area contributed by atoms with Crippen molar-refractivity contribution in [3.63, 3.8) is 0 Å². The maximum absolute atomic E-state index is 4.11. The van der Waals surface area contributed by atoms with Gasteiger partial charge in [0.1, 0.15) is 0 Å². The summed E-state index contributed by atoms with van der Waals surface area (Å²) >= 11 is 3.65. The van der Waals surface area contributed by atoms with E-state index in [1.165, 1.54) is 10.9 Å². The van der Waals surface area contributed by atoms with Gasteiger partial charge in [-0.05, 0) is 24.5 Å². The molecule has 0 aliphatic heterocycles. The van der Waals surface area contributed by atoms with Crippen LogP contribution in [0.5, 0.6) is 0 Å². The summed E-state index contributed by atoms with van der Waals surface area (Å²) in [6.45, 7) is 2.18. The Balaban J connectivity index is 2.42. The second-order valence-electron chi connectivity index (χ2n) is 3.60. The van der Waals surface area contributed by atoms with Crippen LogP contribution in [-0.4, -0.2) is 15.0 Å². The Labute approximate surface area is 97.8 Å². The van der Waals surface area contributed by atoms with Crippen molar-refractivity contribution in [3.8, 4) is 0 Å². The second kappa shape index (κ2) is 4.71. The smallest absolute Gasteiger partial charge is 0.0932 e. The predicted molar refractivity (Wildman–Crippen MR) is 66.2 cm³/mol. The van der Waals surface area contributed by atoms with E-state index < -0.39 is 0 Å². The van der Waals surface area contributed by atoms with Gasteiger partial charge >= 0.3 is 0 Å². The molecule has 15 heavy (non-hydrogen) atoms. The lowest BCUT2D eigenvalue weighted by Gasteiger charge is -2.08. The van der Waals surface area contributed by atoms with E-state index in [9.17, 15) is 0 Å². The third-order valence-corrected chi connectivity index (χ3v) is 3.48. The Kier molecular flexibility index (Phi) is 3.31. The van der Waals surface area contributed by atoms with Crippen molar-refractivity contribution in [3.05, 3.63) is 36.0 Å². The highest BCUT2D eigenvalue weighted by molar-refractivity contribution is 9.09. The van der Waals surface area contributed by atoms with Crippen LogP contribution < -0.4 is 0 Å². The average Bonchev–Trinajstić information content (AvgIpc) is 2.29. The molecule has 0 fully saturated rings. The monoisotopic (exact) mass is 264 g/mol.